The zero-order valence-electron chi connectivity index (χ0n) is 8.17. The molecule has 0 saturated heterocycles. The van der Waals surface area contributed by atoms with Crippen LogP contribution in [0, 0.1) is 0 Å². The van der Waals surface area contributed by atoms with E-state index in [4.69, 9.17) is 5.73 Å². The van der Waals surface area contributed by atoms with Crippen LogP contribution in [0.3, 0.4) is 0 Å². The van der Waals surface area contributed by atoms with Gasteiger partial charge in [-0.2, -0.15) is 20.6 Å². The summed E-state index contributed by atoms with van der Waals surface area (Å²) in [5.74, 6) is -0.601. The van der Waals surface area contributed by atoms with E-state index in [1.807, 2.05) is 0 Å². The number of hydrogen-bond donors (Lipinski definition) is 2. The molecule has 82 valence electrons. The molecule has 0 aliphatic rings. The van der Waals surface area contributed by atoms with Crippen molar-refractivity contribution in [1.82, 2.24) is 36.0 Å². The fraction of sp³-hybridized carbons (Fsp3) is 0. The van der Waals surface area contributed by atoms with E-state index >= 15 is 0 Å². The van der Waals surface area contributed by atoms with Crippen molar-refractivity contribution in [2.75, 3.05) is 0 Å². The number of aromatic nitrogens is 7. The Morgan fingerprint density at radius 3 is 2.50 bits per heavy atom. The zero-order valence-corrected chi connectivity index (χ0v) is 10.2. The van der Waals surface area contributed by atoms with Gasteiger partial charge in [-0.05, 0) is 0 Å². The molecule has 0 fully saturated rings. The third-order valence-corrected chi connectivity index (χ3v) is 1.31. The van der Waals surface area contributed by atoms with Gasteiger partial charge in [0, 0.05) is 0 Å². The van der Waals surface area contributed by atoms with E-state index < -0.39 is 5.91 Å². The van der Waals surface area contributed by atoms with Gasteiger partial charge in [-0.3, -0.25) is 15.1 Å². The predicted molar refractivity (Wildman–Crippen MR) is 44.3 cm³/mol. The molecular weight excluding hydrogens is 231 g/mol. The summed E-state index contributed by atoms with van der Waals surface area (Å²) in [5.41, 5.74) is 5.13. The van der Waals surface area contributed by atoms with Gasteiger partial charge in [0.15, 0.2) is 5.69 Å². The summed E-state index contributed by atoms with van der Waals surface area (Å²) in [5, 5.41) is 22.9. The Hall–Kier alpha value is -1.40. The van der Waals surface area contributed by atoms with Crippen LogP contribution >= 0.6 is 0 Å². The first-order valence-corrected chi connectivity index (χ1v) is 3.18. The molecule has 0 aliphatic carbocycles. The van der Waals surface area contributed by atoms with Gasteiger partial charge in [0.25, 0.3) is 5.91 Å². The molecule has 0 unspecified atom stereocenters. The number of nitrogens with two attached hydrogens (primary N) is 1. The molecule has 0 aromatic carbocycles. The minimum Gasteiger partial charge on any atom is -0.412 e. The second-order valence-electron chi connectivity index (χ2n) is 2.09. The van der Waals surface area contributed by atoms with Crippen LogP contribution in [0.15, 0.2) is 0 Å². The average Bonchev–Trinajstić information content (AvgIpc) is 2.74. The third-order valence-electron chi connectivity index (χ3n) is 1.31. The number of hydrogen-bond acceptors (Lipinski definition) is 6. The van der Waals surface area contributed by atoms with Gasteiger partial charge in [0.05, 0.1) is 5.82 Å². The Labute approximate surface area is 110 Å². The Kier molecular flexibility index (Phi) is 7.41. The first-order valence-electron chi connectivity index (χ1n) is 3.18. The van der Waals surface area contributed by atoms with Gasteiger partial charge in [-0.15, -0.1) is 0 Å². The van der Waals surface area contributed by atoms with Crippen LogP contribution in [0.2, 0.25) is 0 Å². The molecule has 0 spiro atoms. The molecule has 16 heavy (non-hydrogen) atoms. The normalized spacial score (nSPS) is 8.25. The van der Waals surface area contributed by atoms with E-state index in [0.717, 1.165) is 0 Å². The number of aromatic amines is 1. The van der Waals surface area contributed by atoms with Crippen LogP contribution in [-0.2, 0) is 0 Å². The summed E-state index contributed by atoms with van der Waals surface area (Å²) in [4.78, 5) is 10.8. The fourth-order valence-electron chi connectivity index (χ4n) is 0.798. The van der Waals surface area contributed by atoms with Crippen LogP contribution in [0.1, 0.15) is 10.5 Å². The van der Waals surface area contributed by atoms with E-state index in [1.54, 1.807) is 0 Å². The van der Waals surface area contributed by atoms with Crippen molar-refractivity contribution in [1.29, 1.82) is 0 Å². The van der Waals surface area contributed by atoms with Crippen molar-refractivity contribution in [3.63, 3.8) is 0 Å². The van der Waals surface area contributed by atoms with E-state index in [-0.39, 0.29) is 57.7 Å². The quantitative estimate of drug-likeness (QED) is 0.483. The minimum atomic E-state index is -0.714. The summed E-state index contributed by atoms with van der Waals surface area (Å²) in [6.07, 6.45) is 0. The SMILES string of the molecule is NC(=O)c1n[nH]nc1-c1nnn[n-]1.O.O.[Na+]. The molecular formula is C4H7N8NaO3. The second kappa shape index (κ2) is 6.97. The minimum absolute atomic E-state index is 0. The third kappa shape index (κ3) is 3.04. The van der Waals surface area contributed by atoms with Crippen molar-refractivity contribution >= 4 is 5.91 Å². The Balaban J connectivity index is 0. The number of carbonyl (C=O) groups is 1. The van der Waals surface area contributed by atoms with Crippen LogP contribution in [0.4, 0.5) is 0 Å². The molecule has 2 rings (SSSR count). The Morgan fingerprint density at radius 2 is 2.00 bits per heavy atom. The second-order valence-corrected chi connectivity index (χ2v) is 2.09. The maximum absolute atomic E-state index is 10.8. The van der Waals surface area contributed by atoms with Gasteiger partial charge in [0.1, 0.15) is 5.69 Å². The molecule has 0 atom stereocenters. The molecule has 12 heteroatoms. The number of rotatable bonds is 2. The molecule has 11 nitrogen and oxygen atoms in total. The summed E-state index contributed by atoms with van der Waals surface area (Å²) in [6.45, 7) is 0. The monoisotopic (exact) mass is 238 g/mol. The van der Waals surface area contributed by atoms with Crippen molar-refractivity contribution in [2.45, 2.75) is 0 Å². The van der Waals surface area contributed by atoms with Gasteiger partial charge in [-0.1, -0.05) is 0 Å². The molecule has 0 bridgehead atoms. The van der Waals surface area contributed by atoms with Gasteiger partial charge in [-0.25, -0.2) is 0 Å². The number of H-pyrrole nitrogens is 1. The predicted octanol–water partition coefficient (Wildman–Crippen LogP) is -6.93. The molecule has 0 radical (unpaired) electrons. The van der Waals surface area contributed by atoms with Gasteiger partial charge in [0.2, 0.25) is 0 Å². The smallest absolute Gasteiger partial charge is 0.412 e. The largest absolute Gasteiger partial charge is 1.00 e. The van der Waals surface area contributed by atoms with Gasteiger partial charge >= 0.3 is 29.6 Å². The number of carbonyl (C=O) groups excluding carboxylic acids is 1. The maximum Gasteiger partial charge on any atom is 1.00 e. The number of nitrogens with one attached hydrogen (secondary N) is 1. The molecule has 0 saturated carbocycles. The fourth-order valence-corrected chi connectivity index (χ4v) is 0.798. The van der Waals surface area contributed by atoms with Crippen molar-refractivity contribution in [3.8, 4) is 11.5 Å². The van der Waals surface area contributed by atoms with E-state index in [1.165, 1.54) is 0 Å². The Bertz CT molecular complexity index is 426. The van der Waals surface area contributed by atoms with Crippen LogP contribution < -0.4 is 40.4 Å². The maximum atomic E-state index is 10.8. The number of primary amides is 1. The standard InChI is InChI=1S/C4H4N8O.Na.2H2O/c5-3(13)1-2(7-10-6-1)4-8-11-12-9-4;;;/h(H4,5,6,7,8,9,10,11,12,13);;2*1H2/q;+1;;/p-1. The summed E-state index contributed by atoms with van der Waals surface area (Å²) in [7, 11) is 0. The molecule has 0 aliphatic heterocycles. The molecule has 2 heterocycles. The van der Waals surface area contributed by atoms with Crippen LogP contribution in [0.25, 0.3) is 11.5 Å². The summed E-state index contributed by atoms with van der Waals surface area (Å²) < 4.78 is 0. The molecule has 2 aromatic rings. The average molecular weight is 238 g/mol. The first kappa shape index (κ1) is 17.0. The van der Waals surface area contributed by atoms with Crippen molar-refractivity contribution in [3.05, 3.63) is 5.69 Å². The number of tetrazole rings is 1. The van der Waals surface area contributed by atoms with E-state index in [2.05, 4.69) is 36.0 Å². The van der Waals surface area contributed by atoms with Crippen molar-refractivity contribution in [2.24, 2.45) is 5.73 Å². The Morgan fingerprint density at radius 1 is 1.31 bits per heavy atom. The van der Waals surface area contributed by atoms with Crippen LogP contribution in [-0.4, -0.2) is 47.8 Å². The number of amides is 1. The number of nitrogens with zero attached hydrogens (tertiary/aromatic N) is 6. The first-order chi connectivity index (χ1) is 6.29. The molecule has 2 aromatic heterocycles. The van der Waals surface area contributed by atoms with Gasteiger partial charge < -0.3 is 21.8 Å². The summed E-state index contributed by atoms with van der Waals surface area (Å²) in [6, 6.07) is 0. The topological polar surface area (TPSA) is 200 Å². The molecule has 7 N–H and O–H groups in total. The van der Waals surface area contributed by atoms with Crippen LogP contribution in [0.5, 0.6) is 0 Å². The van der Waals surface area contributed by atoms with Crippen molar-refractivity contribution < 1.29 is 45.3 Å². The molecule has 1 amide bonds. The van der Waals surface area contributed by atoms with E-state index in [9.17, 15) is 4.79 Å². The van der Waals surface area contributed by atoms with E-state index in [0.29, 0.717) is 0 Å². The zero-order chi connectivity index (χ0) is 9.26. The summed E-state index contributed by atoms with van der Waals surface area (Å²) >= 11 is 0.